The second-order valence-corrected chi connectivity index (χ2v) is 5.88. The van der Waals surface area contributed by atoms with Crippen LogP contribution in [-0.2, 0) is 11.6 Å². The number of rotatable bonds is 0. The van der Waals surface area contributed by atoms with E-state index in [4.69, 9.17) is 0 Å². The summed E-state index contributed by atoms with van der Waals surface area (Å²) < 4.78 is 39.7. The molecule has 2 heterocycles. The monoisotopic (exact) mass is 259 g/mol. The first kappa shape index (κ1) is 12.4. The van der Waals surface area contributed by atoms with Gasteiger partial charge in [-0.25, -0.2) is 4.98 Å². The summed E-state index contributed by atoms with van der Waals surface area (Å²) in [6.07, 6.45) is -4.40. The van der Waals surface area contributed by atoms with Crippen molar-refractivity contribution < 1.29 is 13.2 Å². The number of pyridine rings is 1. The molecule has 5 heteroatoms. The van der Waals surface area contributed by atoms with E-state index in [9.17, 15) is 13.2 Å². The van der Waals surface area contributed by atoms with Crippen LogP contribution in [0.4, 0.5) is 13.2 Å². The van der Waals surface area contributed by atoms with Gasteiger partial charge in [0.2, 0.25) is 0 Å². The number of aromatic nitrogens is 1. The molecule has 2 aromatic rings. The van der Waals surface area contributed by atoms with Gasteiger partial charge in [0.25, 0.3) is 0 Å². The SMILES string of the molecule is CC(C)(C)c1cc2sccc2nc1C(F)(F)F. The Morgan fingerprint density at radius 3 is 2.35 bits per heavy atom. The topological polar surface area (TPSA) is 12.9 Å². The molecule has 92 valence electrons. The molecule has 0 N–H and O–H groups in total. The van der Waals surface area contributed by atoms with Crippen LogP contribution in [0.2, 0.25) is 0 Å². The van der Waals surface area contributed by atoms with Gasteiger partial charge in [0, 0.05) is 0 Å². The molecule has 0 fully saturated rings. The number of hydrogen-bond donors (Lipinski definition) is 0. The summed E-state index contributed by atoms with van der Waals surface area (Å²) >= 11 is 1.41. The van der Waals surface area contributed by atoms with E-state index >= 15 is 0 Å². The summed E-state index contributed by atoms with van der Waals surface area (Å²) in [4.78, 5) is 3.76. The minimum absolute atomic E-state index is 0.250. The number of hydrogen-bond acceptors (Lipinski definition) is 2. The van der Waals surface area contributed by atoms with Crippen LogP contribution in [-0.4, -0.2) is 4.98 Å². The van der Waals surface area contributed by atoms with E-state index in [1.165, 1.54) is 11.3 Å². The summed E-state index contributed by atoms with van der Waals surface area (Å²) in [6, 6.07) is 3.22. The first-order valence-corrected chi connectivity index (χ1v) is 6.03. The van der Waals surface area contributed by atoms with Crippen LogP contribution in [0.15, 0.2) is 17.5 Å². The minimum atomic E-state index is -4.40. The molecule has 0 radical (unpaired) electrons. The van der Waals surface area contributed by atoms with Gasteiger partial charge in [-0.2, -0.15) is 13.2 Å². The quantitative estimate of drug-likeness (QED) is 0.673. The highest BCUT2D eigenvalue weighted by atomic mass is 32.1. The smallest absolute Gasteiger partial charge is 0.242 e. The Balaban J connectivity index is 2.78. The zero-order valence-electron chi connectivity index (χ0n) is 9.72. The predicted octanol–water partition coefficient (Wildman–Crippen LogP) is 4.61. The van der Waals surface area contributed by atoms with E-state index < -0.39 is 17.3 Å². The summed E-state index contributed by atoms with van der Waals surface area (Å²) in [7, 11) is 0. The van der Waals surface area contributed by atoms with Gasteiger partial charge in [0.1, 0.15) is 5.69 Å². The van der Waals surface area contributed by atoms with Crippen LogP contribution >= 0.6 is 11.3 Å². The molecule has 0 saturated carbocycles. The maximum Gasteiger partial charge on any atom is 0.433 e. The molecule has 2 aromatic heterocycles. The zero-order valence-corrected chi connectivity index (χ0v) is 10.5. The molecule has 17 heavy (non-hydrogen) atoms. The van der Waals surface area contributed by atoms with E-state index in [2.05, 4.69) is 4.98 Å². The molecule has 0 aliphatic heterocycles. The lowest BCUT2D eigenvalue weighted by Gasteiger charge is -2.23. The lowest BCUT2D eigenvalue weighted by Crippen LogP contribution is -2.21. The highest BCUT2D eigenvalue weighted by molar-refractivity contribution is 7.17. The predicted molar refractivity (Wildman–Crippen MR) is 63.3 cm³/mol. The van der Waals surface area contributed by atoms with Crippen molar-refractivity contribution in [3.05, 3.63) is 28.8 Å². The van der Waals surface area contributed by atoms with Gasteiger partial charge in [-0.3, -0.25) is 0 Å². The van der Waals surface area contributed by atoms with Crippen LogP contribution < -0.4 is 0 Å². The Morgan fingerprint density at radius 2 is 1.82 bits per heavy atom. The van der Waals surface area contributed by atoms with Gasteiger partial charge >= 0.3 is 6.18 Å². The maximum atomic E-state index is 13.0. The van der Waals surface area contributed by atoms with Crippen molar-refractivity contribution >= 4 is 21.6 Å². The third-order valence-corrected chi connectivity index (χ3v) is 3.37. The van der Waals surface area contributed by atoms with Gasteiger partial charge in [-0.1, -0.05) is 20.8 Å². The lowest BCUT2D eigenvalue weighted by molar-refractivity contribution is -0.142. The summed E-state index contributed by atoms with van der Waals surface area (Å²) in [5, 5.41) is 1.75. The fourth-order valence-electron chi connectivity index (χ4n) is 1.68. The van der Waals surface area contributed by atoms with Crippen molar-refractivity contribution in [2.24, 2.45) is 0 Å². The first-order valence-electron chi connectivity index (χ1n) is 5.15. The molecule has 0 aliphatic carbocycles. The van der Waals surface area contributed by atoms with Gasteiger partial charge in [0.15, 0.2) is 0 Å². The van der Waals surface area contributed by atoms with E-state index in [1.54, 1.807) is 38.3 Å². The first-order chi connectivity index (χ1) is 7.69. The molecular weight excluding hydrogens is 247 g/mol. The standard InChI is InChI=1S/C12H12F3NS/c1-11(2,3)7-6-9-8(4-5-17-9)16-10(7)12(13,14)15/h4-6H,1-3H3. The molecule has 0 amide bonds. The third kappa shape index (κ3) is 2.29. The van der Waals surface area contributed by atoms with Crippen molar-refractivity contribution in [3.8, 4) is 0 Å². The van der Waals surface area contributed by atoms with Crippen molar-refractivity contribution in [1.29, 1.82) is 0 Å². The Hall–Kier alpha value is -1.10. The lowest BCUT2D eigenvalue weighted by atomic mass is 9.85. The van der Waals surface area contributed by atoms with Crippen LogP contribution in [0.5, 0.6) is 0 Å². The summed E-state index contributed by atoms with van der Waals surface area (Å²) in [5.41, 5.74) is -0.679. The highest BCUT2D eigenvalue weighted by Gasteiger charge is 2.38. The van der Waals surface area contributed by atoms with Crippen molar-refractivity contribution in [2.75, 3.05) is 0 Å². The van der Waals surface area contributed by atoms with Crippen molar-refractivity contribution in [1.82, 2.24) is 4.98 Å². The molecule has 0 atom stereocenters. The van der Waals surface area contributed by atoms with E-state index in [-0.39, 0.29) is 5.56 Å². The molecule has 0 bridgehead atoms. The van der Waals surface area contributed by atoms with Gasteiger partial charge in [0.05, 0.1) is 10.2 Å². The molecule has 0 spiro atoms. The Morgan fingerprint density at radius 1 is 1.18 bits per heavy atom. The normalized spacial score (nSPS) is 13.3. The van der Waals surface area contributed by atoms with Crippen LogP contribution in [0, 0.1) is 0 Å². The Kier molecular flexibility index (Phi) is 2.69. The largest absolute Gasteiger partial charge is 0.433 e. The third-order valence-electron chi connectivity index (χ3n) is 2.51. The molecule has 0 saturated heterocycles. The molecule has 0 aromatic carbocycles. The maximum absolute atomic E-state index is 13.0. The average Bonchev–Trinajstić information content (AvgIpc) is 2.59. The summed E-state index contributed by atoms with van der Waals surface area (Å²) in [5.74, 6) is 0. The molecule has 2 rings (SSSR count). The number of nitrogens with zero attached hydrogens (tertiary/aromatic N) is 1. The zero-order chi connectivity index (χ0) is 12.8. The van der Waals surface area contributed by atoms with Crippen molar-refractivity contribution in [2.45, 2.75) is 32.4 Å². The average molecular weight is 259 g/mol. The number of thiophene rings is 1. The molecular formula is C12H12F3NS. The fraction of sp³-hybridized carbons (Fsp3) is 0.417. The highest BCUT2D eigenvalue weighted by Crippen LogP contribution is 2.38. The Labute approximate surface area is 101 Å². The van der Waals surface area contributed by atoms with Crippen molar-refractivity contribution in [3.63, 3.8) is 0 Å². The van der Waals surface area contributed by atoms with Gasteiger partial charge in [-0.15, -0.1) is 11.3 Å². The van der Waals surface area contributed by atoms with Crippen LogP contribution in [0.3, 0.4) is 0 Å². The van der Waals surface area contributed by atoms with Gasteiger partial charge in [-0.05, 0) is 28.5 Å². The molecule has 0 unspecified atom stereocenters. The number of halogens is 3. The fourth-order valence-corrected chi connectivity index (χ4v) is 2.45. The number of fused-ring (bicyclic) bond motifs is 1. The van der Waals surface area contributed by atoms with Crippen LogP contribution in [0.25, 0.3) is 10.2 Å². The van der Waals surface area contributed by atoms with E-state index in [1.807, 2.05) is 0 Å². The van der Waals surface area contributed by atoms with Gasteiger partial charge < -0.3 is 0 Å². The second kappa shape index (κ2) is 3.70. The minimum Gasteiger partial charge on any atom is -0.242 e. The molecule has 1 nitrogen and oxygen atoms in total. The van der Waals surface area contributed by atoms with Crippen LogP contribution in [0.1, 0.15) is 32.0 Å². The summed E-state index contributed by atoms with van der Waals surface area (Å²) in [6.45, 7) is 5.29. The Bertz CT molecular complexity index is 501. The van der Waals surface area contributed by atoms with E-state index in [0.717, 1.165) is 4.70 Å². The molecule has 0 aliphatic rings. The number of alkyl halides is 3. The van der Waals surface area contributed by atoms with E-state index in [0.29, 0.717) is 5.52 Å². The second-order valence-electron chi connectivity index (χ2n) is 4.94.